The van der Waals surface area contributed by atoms with Gasteiger partial charge in [-0.1, -0.05) is 30.3 Å². The predicted octanol–water partition coefficient (Wildman–Crippen LogP) is 2.27. The molecular formula is C31H45N5O6P2S+2. The van der Waals surface area contributed by atoms with Crippen molar-refractivity contribution in [3.8, 4) is 0 Å². The van der Waals surface area contributed by atoms with E-state index in [0.29, 0.717) is 19.0 Å². The van der Waals surface area contributed by atoms with Crippen LogP contribution in [0.1, 0.15) is 46.2 Å². The number of nitrogens with zero attached hydrogens (tertiary/aromatic N) is 2. The van der Waals surface area contributed by atoms with Crippen LogP contribution in [0.2, 0.25) is 0 Å². The first-order valence-corrected chi connectivity index (χ1v) is 20.7. The number of aliphatic hydroxyl groups excluding tert-OH is 1. The smallest absolute Gasteiger partial charge is 0.251 e. The Labute approximate surface area is 268 Å². The van der Waals surface area contributed by atoms with E-state index in [1.165, 1.54) is 25.2 Å². The van der Waals surface area contributed by atoms with Crippen LogP contribution in [0.5, 0.6) is 0 Å². The lowest BCUT2D eigenvalue weighted by molar-refractivity contribution is -0.141. The molecule has 244 valence electrons. The van der Waals surface area contributed by atoms with Crippen LogP contribution in [0.4, 0.5) is 5.69 Å². The molecule has 14 heteroatoms. The summed E-state index contributed by atoms with van der Waals surface area (Å²) in [6, 6.07) is 11.3. The highest BCUT2D eigenvalue weighted by Gasteiger charge is 2.42. The van der Waals surface area contributed by atoms with E-state index >= 15 is 0 Å². The standard InChI is InChI=1S/C31H43N5O6P2S/c1-20-17-32-27(31(40)36(20)19-44(6)7)28(37)26(18-43(4)5)34-30(39)24-14-23(15-25(16-24)35(3)45(8,41)42)29(38)33-21(2)22-12-10-9-11-13-22/h9-16,20-21,26-28,32,37H,4,6,17-19H2,1-3,5,7-8H3/p+2. The molecule has 0 radical (unpaired) electrons. The van der Waals surface area contributed by atoms with E-state index in [1.807, 2.05) is 57.5 Å². The van der Waals surface area contributed by atoms with Gasteiger partial charge >= 0.3 is 0 Å². The van der Waals surface area contributed by atoms with Gasteiger partial charge in [-0.05, 0) is 37.6 Å². The first kappa shape index (κ1) is 36.3. The Morgan fingerprint density at radius 3 is 2.20 bits per heavy atom. The Morgan fingerprint density at radius 1 is 1.09 bits per heavy atom. The number of benzene rings is 2. The highest BCUT2D eigenvalue weighted by molar-refractivity contribution is 7.92. The molecule has 1 aliphatic heterocycles. The second kappa shape index (κ2) is 15.4. The third-order valence-electron chi connectivity index (χ3n) is 7.64. The van der Waals surface area contributed by atoms with Crippen LogP contribution < -0.4 is 20.3 Å². The fourth-order valence-corrected chi connectivity index (χ4v) is 7.44. The molecular weight excluding hydrogens is 632 g/mol. The van der Waals surface area contributed by atoms with Crippen molar-refractivity contribution in [2.75, 3.05) is 49.9 Å². The number of nitrogens with one attached hydrogen (secondary N) is 3. The number of carbonyl (C=O) groups is 3. The summed E-state index contributed by atoms with van der Waals surface area (Å²) in [7, 11) is -3.89. The molecule has 7 unspecified atom stereocenters. The summed E-state index contributed by atoms with van der Waals surface area (Å²) in [6.07, 6.45) is 8.72. The van der Waals surface area contributed by atoms with Crippen molar-refractivity contribution in [1.82, 2.24) is 20.9 Å². The highest BCUT2D eigenvalue weighted by Crippen LogP contribution is 2.25. The predicted molar refractivity (Wildman–Crippen MR) is 187 cm³/mol. The van der Waals surface area contributed by atoms with E-state index < -0.39 is 55.1 Å². The van der Waals surface area contributed by atoms with E-state index in [2.05, 4.69) is 28.5 Å². The average molecular weight is 678 g/mol. The Morgan fingerprint density at radius 2 is 1.67 bits per heavy atom. The molecule has 1 heterocycles. The minimum absolute atomic E-state index is 0.0223. The molecule has 0 saturated carbocycles. The van der Waals surface area contributed by atoms with Gasteiger partial charge in [-0.25, -0.2) is 8.42 Å². The van der Waals surface area contributed by atoms with Crippen molar-refractivity contribution in [3.05, 3.63) is 65.2 Å². The van der Waals surface area contributed by atoms with Crippen molar-refractivity contribution in [2.45, 2.75) is 44.1 Å². The lowest BCUT2D eigenvalue weighted by Gasteiger charge is -2.39. The zero-order valence-electron chi connectivity index (χ0n) is 26.7. The molecule has 2 aromatic rings. The fourth-order valence-electron chi connectivity index (χ4n) is 5.04. The van der Waals surface area contributed by atoms with Crippen molar-refractivity contribution in [2.24, 2.45) is 0 Å². The van der Waals surface area contributed by atoms with E-state index in [4.69, 9.17) is 0 Å². The van der Waals surface area contributed by atoms with Gasteiger partial charge in [0.1, 0.15) is 25.9 Å². The van der Waals surface area contributed by atoms with Gasteiger partial charge in [0.2, 0.25) is 15.9 Å². The summed E-state index contributed by atoms with van der Waals surface area (Å²) in [6.45, 7) is 8.11. The topological polar surface area (TPSA) is 148 Å². The van der Waals surface area contributed by atoms with E-state index in [0.717, 1.165) is 16.1 Å². The molecule has 0 aromatic heterocycles. The molecule has 3 rings (SSSR count). The third kappa shape index (κ3) is 9.67. The molecule has 1 aliphatic rings. The van der Waals surface area contributed by atoms with Crippen LogP contribution in [0, 0.1) is 0 Å². The van der Waals surface area contributed by atoms with Crippen LogP contribution in [0.15, 0.2) is 48.5 Å². The number of hydrogen-bond donors (Lipinski definition) is 4. The van der Waals surface area contributed by atoms with Gasteiger partial charge in [-0.3, -0.25) is 23.6 Å². The molecule has 1 fully saturated rings. The van der Waals surface area contributed by atoms with Gasteiger partial charge in [0.05, 0.1) is 57.5 Å². The van der Waals surface area contributed by atoms with E-state index in [1.54, 1.807) is 4.90 Å². The van der Waals surface area contributed by atoms with Crippen molar-refractivity contribution in [1.29, 1.82) is 0 Å². The monoisotopic (exact) mass is 677 g/mol. The number of sulfonamides is 1. The minimum Gasteiger partial charge on any atom is -0.389 e. The van der Waals surface area contributed by atoms with Gasteiger partial charge in [-0.15, -0.1) is 0 Å². The number of aliphatic hydroxyl groups is 1. The molecule has 11 nitrogen and oxygen atoms in total. The number of anilines is 1. The van der Waals surface area contributed by atoms with Crippen LogP contribution in [0.25, 0.3) is 0 Å². The van der Waals surface area contributed by atoms with Gasteiger partial charge in [0, 0.05) is 30.8 Å². The maximum absolute atomic E-state index is 13.8. The Hall–Kier alpha value is -3.14. The Kier molecular flexibility index (Phi) is 12.5. The molecule has 0 spiro atoms. The summed E-state index contributed by atoms with van der Waals surface area (Å²) in [4.78, 5) is 42.3. The molecule has 7 atom stereocenters. The maximum atomic E-state index is 13.8. The zero-order chi connectivity index (χ0) is 33.6. The number of rotatable bonds is 13. The average Bonchev–Trinajstić information content (AvgIpc) is 2.97. The van der Waals surface area contributed by atoms with Crippen LogP contribution in [-0.4, -0.2) is 119 Å². The zero-order valence-corrected chi connectivity index (χ0v) is 29.3. The number of amides is 3. The van der Waals surface area contributed by atoms with Gasteiger partial charge < -0.3 is 21.1 Å². The highest BCUT2D eigenvalue weighted by atomic mass is 32.2. The van der Waals surface area contributed by atoms with Gasteiger partial charge in [0.15, 0.2) is 6.29 Å². The summed E-state index contributed by atoms with van der Waals surface area (Å²) < 4.78 is 25.8. The van der Waals surface area contributed by atoms with Crippen LogP contribution in [-0.2, 0) is 14.8 Å². The van der Waals surface area contributed by atoms with Crippen molar-refractivity contribution < 1.29 is 27.9 Å². The lowest BCUT2D eigenvalue weighted by atomic mass is 9.99. The third-order valence-corrected chi connectivity index (χ3v) is 10.6. The summed E-state index contributed by atoms with van der Waals surface area (Å²) in [5, 5.41) is 20.4. The largest absolute Gasteiger partial charge is 0.389 e. The van der Waals surface area contributed by atoms with E-state index in [-0.39, 0.29) is 34.8 Å². The lowest BCUT2D eigenvalue weighted by Crippen LogP contribution is -2.66. The summed E-state index contributed by atoms with van der Waals surface area (Å²) in [5.41, 5.74) is 1.10. The molecule has 0 aliphatic carbocycles. The maximum Gasteiger partial charge on any atom is 0.251 e. The molecule has 1 saturated heterocycles. The second-order valence-corrected chi connectivity index (χ2v) is 17.8. The van der Waals surface area contributed by atoms with E-state index in [9.17, 15) is 27.9 Å². The number of carbonyl (C=O) groups excluding carboxylic acids is 3. The molecule has 45 heavy (non-hydrogen) atoms. The van der Waals surface area contributed by atoms with Gasteiger partial charge in [0.25, 0.3) is 11.8 Å². The first-order chi connectivity index (χ1) is 21.0. The van der Waals surface area contributed by atoms with Crippen LogP contribution >= 0.6 is 15.1 Å². The number of hydrogen-bond acceptors (Lipinski definition) is 7. The summed E-state index contributed by atoms with van der Waals surface area (Å²) >= 11 is 0. The number of piperazine rings is 1. The van der Waals surface area contributed by atoms with Crippen molar-refractivity contribution >= 4 is 61.1 Å². The second-order valence-electron chi connectivity index (χ2n) is 11.8. The Balaban J connectivity index is 1.94. The molecule has 2 aromatic carbocycles. The fraction of sp³-hybridized carbons (Fsp3) is 0.452. The Bertz CT molecular complexity index is 1550. The van der Waals surface area contributed by atoms with Crippen molar-refractivity contribution in [3.63, 3.8) is 0 Å². The molecule has 3 amide bonds. The minimum atomic E-state index is -3.73. The normalized spacial score (nSPS) is 19.6. The molecule has 4 N–H and O–H groups in total. The first-order valence-electron chi connectivity index (χ1n) is 14.5. The quantitative estimate of drug-likeness (QED) is 0.238. The SMILES string of the molecule is C=[P+](C)CC(NC(=O)c1cc(C(=O)NC(C)c2ccccc2)cc(N(C)S(C)(=O)=O)c1)C(O)C1NCC(C)N(C[P+](=C)C)C1=O. The molecule has 0 bridgehead atoms. The van der Waals surface area contributed by atoms with Gasteiger partial charge in [-0.2, -0.15) is 0 Å². The van der Waals surface area contributed by atoms with Crippen LogP contribution in [0.3, 0.4) is 0 Å². The summed E-state index contributed by atoms with van der Waals surface area (Å²) in [5.74, 6) is -1.39.